The number of ether oxygens (including phenoxy) is 1. The molecule has 1 unspecified atom stereocenters. The number of amides is 2. The van der Waals surface area contributed by atoms with Crippen molar-refractivity contribution in [2.24, 2.45) is 0 Å². The molecule has 0 saturated heterocycles. The number of carbonyl (C=O) groups is 2. The zero-order valence-corrected chi connectivity index (χ0v) is 15.9. The average Bonchev–Trinajstić information content (AvgIpc) is 2.57. The predicted molar refractivity (Wildman–Crippen MR) is 97.2 cm³/mol. The summed E-state index contributed by atoms with van der Waals surface area (Å²) in [5.41, 5.74) is 1.59. The Morgan fingerprint density at radius 2 is 1.77 bits per heavy atom. The van der Waals surface area contributed by atoms with Crippen LogP contribution in [0.5, 0.6) is 0 Å². The first-order valence-electron chi connectivity index (χ1n) is 9.04. The van der Waals surface area contributed by atoms with Gasteiger partial charge in [-0.05, 0) is 58.9 Å². The minimum Gasteiger partial charge on any atom is -0.444 e. The van der Waals surface area contributed by atoms with Crippen LogP contribution in [-0.4, -0.2) is 40.9 Å². The van der Waals surface area contributed by atoms with E-state index in [0.29, 0.717) is 5.69 Å². The second kappa shape index (κ2) is 8.33. The van der Waals surface area contributed by atoms with Gasteiger partial charge in [-0.3, -0.25) is 9.59 Å². The van der Waals surface area contributed by atoms with Crippen molar-refractivity contribution in [1.82, 2.24) is 20.8 Å². The van der Waals surface area contributed by atoms with Crippen LogP contribution in [0.3, 0.4) is 0 Å². The van der Waals surface area contributed by atoms with Crippen LogP contribution in [0, 0.1) is 0 Å². The molecule has 0 aromatic carbocycles. The summed E-state index contributed by atoms with van der Waals surface area (Å²) in [6.07, 6.45) is 2.97. The third-order valence-electron chi connectivity index (χ3n) is 4.22. The molecular weight excluding hydrogens is 336 g/mol. The van der Waals surface area contributed by atoms with Crippen LogP contribution in [0.1, 0.15) is 63.3 Å². The van der Waals surface area contributed by atoms with Gasteiger partial charge in [-0.25, -0.2) is 9.89 Å². The molecule has 0 saturated carbocycles. The SMILES string of the molecule is CC(C(=O)NCCNC(=O)OC(C)(C)C)c1n[nH]c(=O)c2c1CCCC2. The molecule has 0 aliphatic heterocycles. The lowest BCUT2D eigenvalue weighted by molar-refractivity contribution is -0.122. The first-order chi connectivity index (χ1) is 12.2. The third-order valence-corrected chi connectivity index (χ3v) is 4.22. The van der Waals surface area contributed by atoms with E-state index in [0.717, 1.165) is 36.8 Å². The maximum Gasteiger partial charge on any atom is 0.407 e. The molecule has 1 aliphatic carbocycles. The highest BCUT2D eigenvalue weighted by Crippen LogP contribution is 2.25. The maximum atomic E-state index is 12.4. The Morgan fingerprint density at radius 3 is 2.42 bits per heavy atom. The van der Waals surface area contributed by atoms with E-state index in [1.54, 1.807) is 27.7 Å². The molecule has 1 aliphatic rings. The second-order valence-corrected chi connectivity index (χ2v) is 7.54. The Kier molecular flexibility index (Phi) is 6.39. The molecule has 1 atom stereocenters. The number of rotatable bonds is 5. The highest BCUT2D eigenvalue weighted by molar-refractivity contribution is 5.83. The third kappa shape index (κ3) is 5.31. The van der Waals surface area contributed by atoms with Crippen molar-refractivity contribution < 1.29 is 14.3 Å². The zero-order chi connectivity index (χ0) is 19.3. The molecule has 0 bridgehead atoms. The number of aromatic amines is 1. The lowest BCUT2D eigenvalue weighted by Gasteiger charge is -2.21. The van der Waals surface area contributed by atoms with E-state index in [4.69, 9.17) is 4.74 Å². The van der Waals surface area contributed by atoms with Gasteiger partial charge < -0.3 is 15.4 Å². The Morgan fingerprint density at radius 1 is 1.15 bits per heavy atom. The zero-order valence-electron chi connectivity index (χ0n) is 15.9. The number of nitrogens with zero attached hydrogens (tertiary/aromatic N) is 1. The molecule has 1 aromatic heterocycles. The van der Waals surface area contributed by atoms with Gasteiger partial charge in [-0.2, -0.15) is 5.10 Å². The summed E-state index contributed by atoms with van der Waals surface area (Å²) in [5.74, 6) is -0.663. The van der Waals surface area contributed by atoms with Crippen LogP contribution in [0.15, 0.2) is 4.79 Å². The molecule has 2 amide bonds. The van der Waals surface area contributed by atoms with Crippen LogP contribution in [-0.2, 0) is 22.4 Å². The minimum absolute atomic E-state index is 0.155. The first-order valence-corrected chi connectivity index (χ1v) is 9.04. The fourth-order valence-corrected chi connectivity index (χ4v) is 2.98. The molecular formula is C18H28N4O4. The standard InChI is InChI=1S/C18H28N4O4/c1-11(14-12-7-5-6-8-13(12)16(24)22-21-14)15(23)19-9-10-20-17(25)26-18(2,3)4/h11H,5-10H2,1-4H3,(H,19,23)(H,20,25)(H,22,24). The average molecular weight is 364 g/mol. The number of fused-ring (bicyclic) bond motifs is 1. The maximum absolute atomic E-state index is 12.4. The van der Waals surface area contributed by atoms with E-state index in [9.17, 15) is 14.4 Å². The molecule has 144 valence electrons. The van der Waals surface area contributed by atoms with Crippen LogP contribution in [0.2, 0.25) is 0 Å². The van der Waals surface area contributed by atoms with Gasteiger partial charge in [0.25, 0.3) is 5.56 Å². The smallest absolute Gasteiger partial charge is 0.407 e. The number of nitrogens with one attached hydrogen (secondary N) is 3. The van der Waals surface area contributed by atoms with Gasteiger partial charge in [0.05, 0.1) is 11.6 Å². The molecule has 0 fully saturated rings. The molecule has 2 rings (SSSR count). The summed E-state index contributed by atoms with van der Waals surface area (Å²) in [4.78, 5) is 35.9. The van der Waals surface area contributed by atoms with Crippen LogP contribution in [0.25, 0.3) is 0 Å². The van der Waals surface area contributed by atoms with E-state index >= 15 is 0 Å². The van der Waals surface area contributed by atoms with Crippen molar-refractivity contribution in [1.29, 1.82) is 0 Å². The predicted octanol–water partition coefficient (Wildman–Crippen LogP) is 1.39. The van der Waals surface area contributed by atoms with Gasteiger partial charge in [-0.15, -0.1) is 0 Å². The Bertz CT molecular complexity index is 721. The van der Waals surface area contributed by atoms with Crippen molar-refractivity contribution in [2.45, 2.75) is 64.9 Å². The van der Waals surface area contributed by atoms with Crippen molar-refractivity contribution in [2.75, 3.05) is 13.1 Å². The number of alkyl carbamates (subject to hydrolysis) is 1. The lowest BCUT2D eigenvalue weighted by Crippen LogP contribution is -2.39. The van der Waals surface area contributed by atoms with E-state index in [2.05, 4.69) is 20.8 Å². The van der Waals surface area contributed by atoms with Gasteiger partial charge in [0, 0.05) is 18.7 Å². The Balaban J connectivity index is 1.89. The largest absolute Gasteiger partial charge is 0.444 e. The van der Waals surface area contributed by atoms with Crippen molar-refractivity contribution in [3.8, 4) is 0 Å². The summed E-state index contributed by atoms with van der Waals surface area (Å²) in [5, 5.41) is 12.0. The molecule has 1 aromatic rings. The van der Waals surface area contributed by atoms with Gasteiger partial charge >= 0.3 is 6.09 Å². The minimum atomic E-state index is -0.559. The Labute approximate surface area is 153 Å². The Hall–Kier alpha value is -2.38. The molecule has 0 radical (unpaired) electrons. The fourth-order valence-electron chi connectivity index (χ4n) is 2.98. The number of H-pyrrole nitrogens is 1. The van der Waals surface area contributed by atoms with E-state index in [-0.39, 0.29) is 24.6 Å². The number of hydrogen-bond donors (Lipinski definition) is 3. The first kappa shape index (κ1) is 19.9. The van der Waals surface area contributed by atoms with Crippen molar-refractivity contribution in [3.05, 3.63) is 27.2 Å². The normalized spacial score (nSPS) is 14.9. The summed E-state index contributed by atoms with van der Waals surface area (Å²) in [7, 11) is 0. The van der Waals surface area contributed by atoms with Crippen LogP contribution in [0.4, 0.5) is 4.79 Å². The van der Waals surface area contributed by atoms with Gasteiger partial charge in [-0.1, -0.05) is 0 Å². The molecule has 8 nitrogen and oxygen atoms in total. The van der Waals surface area contributed by atoms with Gasteiger partial charge in [0.2, 0.25) is 5.91 Å². The highest BCUT2D eigenvalue weighted by atomic mass is 16.6. The lowest BCUT2D eigenvalue weighted by atomic mass is 9.88. The molecule has 3 N–H and O–H groups in total. The molecule has 1 heterocycles. The summed E-state index contributed by atoms with van der Waals surface area (Å²) >= 11 is 0. The summed E-state index contributed by atoms with van der Waals surface area (Å²) in [6.45, 7) is 7.68. The molecule has 0 spiro atoms. The second-order valence-electron chi connectivity index (χ2n) is 7.54. The number of aromatic nitrogens is 2. The highest BCUT2D eigenvalue weighted by Gasteiger charge is 2.25. The van der Waals surface area contributed by atoms with Gasteiger partial charge in [0.1, 0.15) is 5.60 Å². The quantitative estimate of drug-likeness (QED) is 0.684. The van der Waals surface area contributed by atoms with Crippen molar-refractivity contribution >= 4 is 12.0 Å². The van der Waals surface area contributed by atoms with E-state index in [1.807, 2.05) is 0 Å². The summed E-state index contributed by atoms with van der Waals surface area (Å²) < 4.78 is 5.13. The van der Waals surface area contributed by atoms with E-state index in [1.165, 1.54) is 0 Å². The fraction of sp³-hybridized carbons (Fsp3) is 0.667. The summed E-state index contributed by atoms with van der Waals surface area (Å²) in [6, 6.07) is 0. The number of carbonyl (C=O) groups excluding carboxylic acids is 2. The van der Waals surface area contributed by atoms with Crippen LogP contribution >= 0.6 is 0 Å². The monoisotopic (exact) mass is 364 g/mol. The molecule has 8 heteroatoms. The van der Waals surface area contributed by atoms with Gasteiger partial charge in [0.15, 0.2) is 0 Å². The van der Waals surface area contributed by atoms with Crippen LogP contribution < -0.4 is 16.2 Å². The van der Waals surface area contributed by atoms with Crippen molar-refractivity contribution in [3.63, 3.8) is 0 Å². The molecule has 26 heavy (non-hydrogen) atoms. The topological polar surface area (TPSA) is 113 Å². The van der Waals surface area contributed by atoms with E-state index < -0.39 is 17.6 Å². The number of hydrogen-bond acceptors (Lipinski definition) is 5.